The SMILES string of the molecule is CCCC(C)(C)NCC#N. The van der Waals surface area contributed by atoms with Crippen molar-refractivity contribution >= 4 is 0 Å². The second-order valence-electron chi connectivity index (χ2n) is 3.15. The summed E-state index contributed by atoms with van der Waals surface area (Å²) >= 11 is 0. The van der Waals surface area contributed by atoms with Gasteiger partial charge in [0.25, 0.3) is 0 Å². The Hall–Kier alpha value is -0.550. The maximum atomic E-state index is 8.29. The van der Waals surface area contributed by atoms with E-state index in [0.29, 0.717) is 6.54 Å². The quantitative estimate of drug-likeness (QED) is 0.603. The number of nitrogens with one attached hydrogen (secondary N) is 1. The summed E-state index contributed by atoms with van der Waals surface area (Å²) in [5.41, 5.74) is 0.129. The Morgan fingerprint density at radius 1 is 1.50 bits per heavy atom. The third-order valence-corrected chi connectivity index (χ3v) is 1.52. The molecule has 0 aromatic rings. The van der Waals surface area contributed by atoms with E-state index in [1.54, 1.807) is 0 Å². The molecule has 10 heavy (non-hydrogen) atoms. The molecule has 0 bridgehead atoms. The maximum Gasteiger partial charge on any atom is 0.0845 e. The van der Waals surface area contributed by atoms with Crippen molar-refractivity contribution in [2.45, 2.75) is 39.2 Å². The van der Waals surface area contributed by atoms with Crippen molar-refractivity contribution in [2.24, 2.45) is 0 Å². The predicted octanol–water partition coefficient (Wildman–Crippen LogP) is 1.68. The van der Waals surface area contributed by atoms with Gasteiger partial charge in [0.15, 0.2) is 0 Å². The lowest BCUT2D eigenvalue weighted by atomic mass is 9.99. The molecule has 0 aromatic carbocycles. The Balaban J connectivity index is 3.54. The molecular formula is C8H16N2. The lowest BCUT2D eigenvalue weighted by Gasteiger charge is -2.23. The third kappa shape index (κ3) is 4.34. The number of nitrogens with zero attached hydrogens (tertiary/aromatic N) is 1. The fourth-order valence-corrected chi connectivity index (χ4v) is 0.992. The zero-order valence-electron chi connectivity index (χ0n) is 7.07. The van der Waals surface area contributed by atoms with Gasteiger partial charge < -0.3 is 0 Å². The summed E-state index contributed by atoms with van der Waals surface area (Å²) < 4.78 is 0. The molecule has 0 amide bonds. The molecule has 0 atom stereocenters. The van der Waals surface area contributed by atoms with Gasteiger partial charge >= 0.3 is 0 Å². The third-order valence-electron chi connectivity index (χ3n) is 1.52. The molecule has 1 N–H and O–H groups in total. The summed E-state index contributed by atoms with van der Waals surface area (Å²) in [7, 11) is 0. The number of hydrogen-bond donors (Lipinski definition) is 1. The van der Waals surface area contributed by atoms with E-state index >= 15 is 0 Å². The standard InChI is InChI=1S/C8H16N2/c1-4-5-8(2,3)10-7-6-9/h10H,4-5,7H2,1-3H3. The van der Waals surface area contributed by atoms with Gasteiger partial charge in [0.1, 0.15) is 0 Å². The van der Waals surface area contributed by atoms with Crippen molar-refractivity contribution in [1.82, 2.24) is 5.32 Å². The van der Waals surface area contributed by atoms with Crippen molar-refractivity contribution in [1.29, 1.82) is 5.26 Å². The molecule has 0 aliphatic carbocycles. The second-order valence-corrected chi connectivity index (χ2v) is 3.15. The summed E-state index contributed by atoms with van der Waals surface area (Å²) in [6.45, 7) is 6.84. The van der Waals surface area contributed by atoms with Crippen molar-refractivity contribution in [2.75, 3.05) is 6.54 Å². The fraction of sp³-hybridized carbons (Fsp3) is 0.875. The van der Waals surface area contributed by atoms with Crippen molar-refractivity contribution in [3.05, 3.63) is 0 Å². The molecule has 0 saturated heterocycles. The van der Waals surface area contributed by atoms with Crippen molar-refractivity contribution in [3.63, 3.8) is 0 Å². The van der Waals surface area contributed by atoms with E-state index in [1.165, 1.54) is 0 Å². The summed E-state index contributed by atoms with van der Waals surface area (Å²) in [5, 5.41) is 11.4. The van der Waals surface area contributed by atoms with E-state index in [4.69, 9.17) is 5.26 Å². The van der Waals surface area contributed by atoms with Gasteiger partial charge in [-0.25, -0.2) is 0 Å². The molecule has 0 aromatic heterocycles. The van der Waals surface area contributed by atoms with Crippen LogP contribution in [0.3, 0.4) is 0 Å². The number of rotatable bonds is 4. The summed E-state index contributed by atoms with van der Waals surface area (Å²) in [4.78, 5) is 0. The average molecular weight is 140 g/mol. The van der Waals surface area contributed by atoms with Gasteiger partial charge in [-0.3, -0.25) is 5.32 Å². The van der Waals surface area contributed by atoms with Crippen LogP contribution in [-0.4, -0.2) is 12.1 Å². The molecule has 0 heterocycles. The maximum absolute atomic E-state index is 8.29. The van der Waals surface area contributed by atoms with Gasteiger partial charge in [-0.05, 0) is 20.3 Å². The van der Waals surface area contributed by atoms with Gasteiger partial charge in [-0.2, -0.15) is 5.26 Å². The first-order chi connectivity index (χ1) is 4.62. The molecule has 0 radical (unpaired) electrons. The van der Waals surface area contributed by atoms with Crippen LogP contribution in [0.2, 0.25) is 0 Å². The van der Waals surface area contributed by atoms with Crippen molar-refractivity contribution < 1.29 is 0 Å². The van der Waals surface area contributed by atoms with E-state index < -0.39 is 0 Å². The van der Waals surface area contributed by atoms with Gasteiger partial charge in [0, 0.05) is 5.54 Å². The zero-order chi connectivity index (χ0) is 8.04. The molecule has 0 unspecified atom stereocenters. The van der Waals surface area contributed by atoms with Crippen LogP contribution in [0, 0.1) is 11.3 Å². The monoisotopic (exact) mass is 140 g/mol. The molecular weight excluding hydrogens is 124 g/mol. The summed E-state index contributed by atoms with van der Waals surface area (Å²) in [5.74, 6) is 0. The van der Waals surface area contributed by atoms with E-state index in [-0.39, 0.29) is 5.54 Å². The number of hydrogen-bond acceptors (Lipinski definition) is 2. The lowest BCUT2D eigenvalue weighted by molar-refractivity contribution is 0.376. The molecule has 0 aliphatic heterocycles. The molecule has 0 aliphatic rings. The molecule has 0 fully saturated rings. The minimum absolute atomic E-state index is 0.129. The van der Waals surface area contributed by atoms with Crippen LogP contribution in [0.15, 0.2) is 0 Å². The number of nitriles is 1. The highest BCUT2D eigenvalue weighted by molar-refractivity contribution is 4.83. The van der Waals surface area contributed by atoms with E-state index in [9.17, 15) is 0 Å². The van der Waals surface area contributed by atoms with E-state index in [2.05, 4.69) is 32.2 Å². The molecule has 0 spiro atoms. The molecule has 0 saturated carbocycles. The molecule has 0 rings (SSSR count). The highest BCUT2D eigenvalue weighted by atomic mass is 14.9. The van der Waals surface area contributed by atoms with Gasteiger partial charge in [-0.15, -0.1) is 0 Å². The van der Waals surface area contributed by atoms with Crippen LogP contribution >= 0.6 is 0 Å². The summed E-state index contributed by atoms with van der Waals surface area (Å²) in [6.07, 6.45) is 2.28. The van der Waals surface area contributed by atoms with Crippen LogP contribution < -0.4 is 5.32 Å². The molecule has 2 nitrogen and oxygen atoms in total. The first-order valence-electron chi connectivity index (χ1n) is 3.74. The Kier molecular flexibility index (Phi) is 4.06. The van der Waals surface area contributed by atoms with Crippen LogP contribution in [-0.2, 0) is 0 Å². The van der Waals surface area contributed by atoms with E-state index in [1.807, 2.05) is 0 Å². The first kappa shape index (κ1) is 9.45. The highest BCUT2D eigenvalue weighted by Gasteiger charge is 2.13. The van der Waals surface area contributed by atoms with Gasteiger partial charge in [-0.1, -0.05) is 13.3 Å². The van der Waals surface area contributed by atoms with E-state index in [0.717, 1.165) is 12.8 Å². The fourth-order valence-electron chi connectivity index (χ4n) is 0.992. The van der Waals surface area contributed by atoms with Gasteiger partial charge in [0.05, 0.1) is 12.6 Å². The average Bonchev–Trinajstić information content (AvgIpc) is 1.84. The lowest BCUT2D eigenvalue weighted by Crippen LogP contribution is -2.39. The Labute approximate surface area is 63.2 Å². The van der Waals surface area contributed by atoms with Crippen molar-refractivity contribution in [3.8, 4) is 6.07 Å². The smallest absolute Gasteiger partial charge is 0.0845 e. The zero-order valence-corrected chi connectivity index (χ0v) is 7.07. The Morgan fingerprint density at radius 3 is 2.50 bits per heavy atom. The Bertz CT molecular complexity index is 122. The van der Waals surface area contributed by atoms with Crippen LogP contribution in [0.25, 0.3) is 0 Å². The normalized spacial score (nSPS) is 11.0. The van der Waals surface area contributed by atoms with Crippen LogP contribution in [0.4, 0.5) is 0 Å². The van der Waals surface area contributed by atoms with Crippen LogP contribution in [0.1, 0.15) is 33.6 Å². The minimum atomic E-state index is 0.129. The first-order valence-corrected chi connectivity index (χ1v) is 3.74. The molecule has 2 heteroatoms. The topological polar surface area (TPSA) is 35.8 Å². The largest absolute Gasteiger partial charge is 0.299 e. The molecule has 58 valence electrons. The second kappa shape index (κ2) is 4.29. The summed E-state index contributed by atoms with van der Waals surface area (Å²) in [6, 6.07) is 2.07. The van der Waals surface area contributed by atoms with Gasteiger partial charge in [0.2, 0.25) is 0 Å². The Morgan fingerprint density at radius 2 is 2.10 bits per heavy atom. The predicted molar refractivity (Wildman–Crippen MR) is 42.6 cm³/mol. The van der Waals surface area contributed by atoms with Crippen LogP contribution in [0.5, 0.6) is 0 Å². The minimum Gasteiger partial charge on any atom is -0.299 e. The highest BCUT2D eigenvalue weighted by Crippen LogP contribution is 2.09.